The number of sulfonamides is 2. The smallest absolute Gasteiger partial charge is 0.264 e. The normalized spacial score (nSPS) is 12.3. The second-order valence-corrected chi connectivity index (χ2v) is 12.4. The second-order valence-electron chi connectivity index (χ2n) is 7.04. The average Bonchev–Trinajstić information content (AvgIpc) is 3.24. The fourth-order valence-corrected chi connectivity index (χ4v) is 6.39. The van der Waals surface area contributed by atoms with Crippen LogP contribution in [-0.4, -0.2) is 59.6 Å². The summed E-state index contributed by atoms with van der Waals surface area (Å²) in [6.45, 7) is 2.66. The summed E-state index contributed by atoms with van der Waals surface area (Å²) in [5, 5.41) is 5.28. The lowest BCUT2D eigenvalue weighted by Gasteiger charge is -2.13. The number of hydrogen-bond donors (Lipinski definition) is 5. The van der Waals surface area contributed by atoms with Crippen LogP contribution in [0.15, 0.2) is 49.4 Å². The zero-order valence-corrected chi connectivity index (χ0v) is 22.7. The van der Waals surface area contributed by atoms with Crippen molar-refractivity contribution in [2.45, 2.75) is 35.3 Å². The van der Waals surface area contributed by atoms with Gasteiger partial charge in [0.15, 0.2) is 5.96 Å². The minimum absolute atomic E-state index is 0.0450. The summed E-state index contributed by atoms with van der Waals surface area (Å²) in [6.07, 6.45) is 1.51. The largest absolute Gasteiger partial charge is 0.370 e. The lowest BCUT2D eigenvalue weighted by atomic mass is 10.3. The Kier molecular flexibility index (Phi) is 11.2. The monoisotopic (exact) mass is 562 g/mol. The van der Waals surface area contributed by atoms with Crippen molar-refractivity contribution in [2.75, 3.05) is 25.9 Å². The van der Waals surface area contributed by atoms with Gasteiger partial charge in [0.1, 0.15) is 0 Å². The molecule has 0 bridgehead atoms. The van der Waals surface area contributed by atoms with Crippen LogP contribution in [0.4, 0.5) is 5.13 Å². The van der Waals surface area contributed by atoms with Gasteiger partial charge < -0.3 is 16.8 Å². The van der Waals surface area contributed by atoms with Gasteiger partial charge in [-0.2, -0.15) is 16.8 Å². The highest BCUT2D eigenvalue weighted by Crippen LogP contribution is 2.21. The molecule has 0 aliphatic heterocycles. The summed E-state index contributed by atoms with van der Waals surface area (Å²) < 4.78 is 55.3. The molecule has 0 amide bonds. The van der Waals surface area contributed by atoms with Crippen LogP contribution in [0.3, 0.4) is 0 Å². The van der Waals surface area contributed by atoms with Crippen LogP contribution in [0.5, 0.6) is 0 Å². The summed E-state index contributed by atoms with van der Waals surface area (Å²) in [6, 6.07) is 5.16. The van der Waals surface area contributed by atoms with Crippen molar-refractivity contribution in [1.29, 1.82) is 0 Å². The van der Waals surface area contributed by atoms with Gasteiger partial charge in [-0.3, -0.25) is 4.99 Å². The molecule has 35 heavy (non-hydrogen) atoms. The van der Waals surface area contributed by atoms with E-state index >= 15 is 0 Å². The number of aliphatic imine (C=N–C) groups is 2. The highest BCUT2D eigenvalue weighted by molar-refractivity contribution is 7.98. The van der Waals surface area contributed by atoms with Crippen LogP contribution < -0.4 is 26.2 Å². The number of guanidine groups is 2. The highest BCUT2D eigenvalue weighted by atomic mass is 32.2. The number of nitrogens with zero attached hydrogens (tertiary/aromatic N) is 3. The minimum Gasteiger partial charge on any atom is -0.370 e. The maximum atomic E-state index is 12.8. The molecule has 7 N–H and O–H groups in total. The molecule has 2 rings (SSSR count). The SMILES string of the molecule is CCCCNS(=O)(=O)c1cccc(S(=O)(=O)NC(=NC)NCCSCc2csc(N=C(N)N)n2)c1. The van der Waals surface area contributed by atoms with Crippen LogP contribution in [-0.2, 0) is 25.8 Å². The van der Waals surface area contributed by atoms with E-state index in [1.165, 1.54) is 36.6 Å². The Hall–Kier alpha value is -2.40. The van der Waals surface area contributed by atoms with Crippen LogP contribution in [0.2, 0.25) is 0 Å². The quantitative estimate of drug-likeness (QED) is 0.134. The molecular weight excluding hydrogens is 533 g/mol. The Morgan fingerprint density at radius 3 is 2.51 bits per heavy atom. The molecule has 0 radical (unpaired) electrons. The number of thiazole rings is 1. The van der Waals surface area contributed by atoms with E-state index in [4.69, 9.17) is 11.5 Å². The van der Waals surface area contributed by atoms with Crippen LogP contribution >= 0.6 is 23.1 Å². The van der Waals surface area contributed by atoms with E-state index in [1.54, 1.807) is 11.8 Å². The van der Waals surface area contributed by atoms with Crippen molar-refractivity contribution >= 4 is 60.2 Å². The molecule has 0 saturated carbocycles. The molecule has 0 spiro atoms. The van der Waals surface area contributed by atoms with Crippen molar-refractivity contribution in [3.63, 3.8) is 0 Å². The molecule has 0 saturated heterocycles. The predicted octanol–water partition coefficient (Wildman–Crippen LogP) is 0.914. The fourth-order valence-electron chi connectivity index (χ4n) is 2.56. The van der Waals surface area contributed by atoms with E-state index in [9.17, 15) is 16.8 Å². The van der Waals surface area contributed by atoms with Gasteiger partial charge >= 0.3 is 0 Å². The third-order valence-corrected chi connectivity index (χ3v) is 8.83. The van der Waals surface area contributed by atoms with E-state index in [0.717, 1.165) is 18.2 Å². The van der Waals surface area contributed by atoms with Gasteiger partial charge in [0.25, 0.3) is 10.0 Å². The molecule has 0 aliphatic rings. The summed E-state index contributed by atoms with van der Waals surface area (Å²) in [4.78, 5) is 11.8. The van der Waals surface area contributed by atoms with Gasteiger partial charge in [0.05, 0.1) is 15.5 Å². The van der Waals surface area contributed by atoms with Crippen molar-refractivity contribution in [3.8, 4) is 0 Å². The molecule has 0 atom stereocenters. The number of benzene rings is 1. The van der Waals surface area contributed by atoms with E-state index in [1.807, 2.05) is 12.3 Å². The number of rotatable bonds is 13. The summed E-state index contributed by atoms with van der Waals surface area (Å²) >= 11 is 2.92. The molecular formula is C19H30N8O4S4. The fraction of sp³-hybridized carbons (Fsp3) is 0.421. The Morgan fingerprint density at radius 1 is 1.14 bits per heavy atom. The number of thioether (sulfide) groups is 1. The minimum atomic E-state index is -4.06. The lowest BCUT2D eigenvalue weighted by molar-refractivity contribution is 0.578. The van der Waals surface area contributed by atoms with Crippen molar-refractivity contribution < 1.29 is 16.8 Å². The van der Waals surface area contributed by atoms with Crippen molar-refractivity contribution in [1.82, 2.24) is 19.7 Å². The standard InChI is InChI=1S/C19H30N8O4S4/c1-3-4-8-24-34(28,29)15-6-5-7-16(11-15)35(30,31)27-18(22-2)23-9-10-32-12-14-13-33-19(25-14)26-17(20)21/h5-7,11,13,24H,3-4,8-10,12H2,1-2H3,(H2,22,23,27)(H4,20,21,25,26). The van der Waals surface area contributed by atoms with Gasteiger partial charge in [0.2, 0.25) is 21.1 Å². The van der Waals surface area contributed by atoms with E-state index in [2.05, 4.69) is 29.7 Å². The Morgan fingerprint density at radius 2 is 1.86 bits per heavy atom. The number of aromatic nitrogens is 1. The van der Waals surface area contributed by atoms with Gasteiger partial charge in [-0.1, -0.05) is 19.4 Å². The Labute approximate surface area is 214 Å². The number of nitrogens with two attached hydrogens (primary N) is 2. The number of unbranched alkanes of at least 4 members (excludes halogenated alkanes) is 1. The Bertz CT molecular complexity index is 1240. The zero-order valence-electron chi connectivity index (χ0n) is 19.4. The molecule has 0 unspecified atom stereocenters. The van der Waals surface area contributed by atoms with Crippen molar-refractivity contribution in [3.05, 3.63) is 35.3 Å². The van der Waals surface area contributed by atoms with Gasteiger partial charge in [0, 0.05) is 37.0 Å². The van der Waals surface area contributed by atoms with Crippen LogP contribution in [0.25, 0.3) is 0 Å². The third kappa shape index (κ3) is 9.64. The van der Waals surface area contributed by atoms with Crippen LogP contribution in [0.1, 0.15) is 25.5 Å². The van der Waals surface area contributed by atoms with Gasteiger partial charge in [-0.15, -0.1) is 11.3 Å². The first-order valence-electron chi connectivity index (χ1n) is 10.5. The summed E-state index contributed by atoms with van der Waals surface area (Å²) in [5.41, 5.74) is 11.5. The van der Waals surface area contributed by atoms with E-state index in [0.29, 0.717) is 29.6 Å². The van der Waals surface area contributed by atoms with Gasteiger partial charge in [-0.25, -0.2) is 31.3 Å². The molecule has 0 fully saturated rings. The first-order chi connectivity index (χ1) is 16.6. The molecule has 1 aromatic heterocycles. The number of nitrogens with one attached hydrogen (secondary N) is 3. The van der Waals surface area contributed by atoms with E-state index < -0.39 is 20.0 Å². The summed E-state index contributed by atoms with van der Waals surface area (Å²) in [7, 11) is -6.43. The maximum Gasteiger partial charge on any atom is 0.264 e. The lowest BCUT2D eigenvalue weighted by Crippen LogP contribution is -2.41. The topological polar surface area (TPSA) is 194 Å². The Balaban J connectivity index is 1.90. The average molecular weight is 563 g/mol. The third-order valence-electron chi connectivity index (χ3n) is 4.26. The number of hydrogen-bond acceptors (Lipinski definition) is 9. The van der Waals surface area contributed by atoms with E-state index in [-0.39, 0.29) is 28.3 Å². The molecule has 194 valence electrons. The molecule has 1 aromatic carbocycles. The second kappa shape index (κ2) is 13.6. The van der Waals surface area contributed by atoms with Crippen molar-refractivity contribution in [2.24, 2.45) is 21.5 Å². The molecule has 1 heterocycles. The molecule has 2 aromatic rings. The highest BCUT2D eigenvalue weighted by Gasteiger charge is 2.20. The first-order valence-corrected chi connectivity index (χ1v) is 15.5. The molecule has 12 nitrogen and oxygen atoms in total. The predicted molar refractivity (Wildman–Crippen MR) is 142 cm³/mol. The van der Waals surface area contributed by atoms with Gasteiger partial charge in [-0.05, 0) is 24.6 Å². The summed E-state index contributed by atoms with van der Waals surface area (Å²) in [5.74, 6) is 1.28. The molecule has 0 aliphatic carbocycles. The molecule has 16 heteroatoms. The zero-order chi connectivity index (χ0) is 25.9. The maximum absolute atomic E-state index is 12.8. The first kappa shape index (κ1) is 28.8. The van der Waals surface area contributed by atoms with Crippen LogP contribution in [0, 0.1) is 0 Å².